The molecule has 0 bridgehead atoms. The van der Waals surface area contributed by atoms with Gasteiger partial charge in [0.25, 0.3) is 0 Å². The molecule has 2 rings (SSSR count). The minimum Gasteiger partial charge on any atom is -0.381 e. The predicted molar refractivity (Wildman–Crippen MR) is 68.1 cm³/mol. The van der Waals surface area contributed by atoms with E-state index in [2.05, 4.69) is 12.2 Å². The molecule has 1 amide bonds. The van der Waals surface area contributed by atoms with E-state index < -0.39 is 0 Å². The first-order chi connectivity index (χ1) is 8.26. The summed E-state index contributed by atoms with van der Waals surface area (Å²) in [6.45, 7) is 2.13. The number of hydrogen-bond acceptors (Lipinski definition) is 2. The van der Waals surface area contributed by atoms with Crippen LogP contribution in [-0.4, -0.2) is 19.1 Å². The average Bonchev–Trinajstić information content (AvgIpc) is 2.65. The van der Waals surface area contributed by atoms with Crippen LogP contribution in [0.15, 0.2) is 24.3 Å². The van der Waals surface area contributed by atoms with E-state index in [1.54, 1.807) is 7.11 Å². The van der Waals surface area contributed by atoms with Crippen LogP contribution >= 0.6 is 0 Å². The van der Waals surface area contributed by atoms with Crippen molar-refractivity contribution in [3.63, 3.8) is 0 Å². The molecule has 1 N–H and O–H groups in total. The van der Waals surface area contributed by atoms with Gasteiger partial charge in [-0.15, -0.1) is 0 Å². The Hall–Kier alpha value is -1.35. The molecule has 0 aliphatic carbocycles. The topological polar surface area (TPSA) is 38.3 Å². The van der Waals surface area contributed by atoms with E-state index in [0.29, 0.717) is 0 Å². The predicted octanol–water partition coefficient (Wildman–Crippen LogP) is 2.93. The maximum absolute atomic E-state index is 11.9. The molecule has 2 atom stereocenters. The molecule has 1 aliphatic heterocycles. The lowest BCUT2D eigenvalue weighted by Crippen LogP contribution is -2.20. The van der Waals surface area contributed by atoms with Crippen molar-refractivity contribution in [2.24, 2.45) is 0 Å². The highest BCUT2D eigenvalue weighted by Gasteiger charge is 2.31. The largest absolute Gasteiger partial charge is 0.381 e. The van der Waals surface area contributed by atoms with Crippen LogP contribution < -0.4 is 5.32 Å². The summed E-state index contributed by atoms with van der Waals surface area (Å²) in [7, 11) is 1.72. The molecule has 3 heteroatoms. The minimum atomic E-state index is -0.0531. The highest BCUT2D eigenvalue weighted by atomic mass is 16.5. The quantitative estimate of drug-likeness (QED) is 0.849. The number of carbonyl (C=O) groups excluding carboxylic acids is 1. The number of fused-ring (bicyclic) bond motifs is 1. The molecule has 1 aromatic carbocycles. The second kappa shape index (κ2) is 5.32. The van der Waals surface area contributed by atoms with Crippen LogP contribution in [0.25, 0.3) is 0 Å². The third kappa shape index (κ3) is 2.50. The van der Waals surface area contributed by atoms with Gasteiger partial charge in [0.2, 0.25) is 5.91 Å². The molecule has 1 heterocycles. The monoisotopic (exact) mass is 233 g/mol. The Bertz CT molecular complexity index is 403. The Kier molecular flexibility index (Phi) is 3.79. The van der Waals surface area contributed by atoms with E-state index in [4.69, 9.17) is 4.74 Å². The summed E-state index contributed by atoms with van der Waals surface area (Å²) in [5.74, 6) is 0.0482. The third-order valence-corrected chi connectivity index (χ3v) is 3.35. The van der Waals surface area contributed by atoms with E-state index in [0.717, 1.165) is 30.5 Å². The molecular weight excluding hydrogens is 214 g/mol. The first-order valence-electron chi connectivity index (χ1n) is 6.18. The molecule has 0 fully saturated rings. The Morgan fingerprint density at radius 3 is 2.88 bits per heavy atom. The van der Waals surface area contributed by atoms with E-state index in [1.807, 2.05) is 24.3 Å². The molecule has 1 aromatic rings. The molecule has 1 aliphatic rings. The highest BCUT2D eigenvalue weighted by Crippen LogP contribution is 2.35. The van der Waals surface area contributed by atoms with Gasteiger partial charge in [0.05, 0.1) is 12.0 Å². The smallest absolute Gasteiger partial charge is 0.232 e. The zero-order valence-corrected chi connectivity index (χ0v) is 10.4. The maximum Gasteiger partial charge on any atom is 0.232 e. The Morgan fingerprint density at radius 1 is 1.41 bits per heavy atom. The van der Waals surface area contributed by atoms with Gasteiger partial charge < -0.3 is 10.1 Å². The second-order valence-electron chi connectivity index (χ2n) is 4.51. The molecule has 17 heavy (non-hydrogen) atoms. The molecule has 0 aromatic heterocycles. The van der Waals surface area contributed by atoms with E-state index in [9.17, 15) is 4.79 Å². The number of hydrogen-bond donors (Lipinski definition) is 1. The number of anilines is 1. The van der Waals surface area contributed by atoms with Crippen molar-refractivity contribution in [1.82, 2.24) is 0 Å². The lowest BCUT2D eigenvalue weighted by molar-refractivity contribution is -0.117. The molecule has 0 spiro atoms. The second-order valence-corrected chi connectivity index (χ2v) is 4.51. The molecule has 3 nitrogen and oxygen atoms in total. The van der Waals surface area contributed by atoms with E-state index >= 15 is 0 Å². The van der Waals surface area contributed by atoms with Crippen molar-refractivity contribution in [2.75, 3.05) is 12.4 Å². The Balaban J connectivity index is 2.13. The number of benzene rings is 1. The van der Waals surface area contributed by atoms with Gasteiger partial charge in [-0.2, -0.15) is 0 Å². The Labute approximate surface area is 102 Å². The normalized spacial score (nSPS) is 19.9. The van der Waals surface area contributed by atoms with Crippen LogP contribution in [0.5, 0.6) is 0 Å². The number of rotatable bonds is 5. The van der Waals surface area contributed by atoms with Crippen molar-refractivity contribution in [3.05, 3.63) is 29.8 Å². The summed E-state index contributed by atoms with van der Waals surface area (Å²) in [5, 5.41) is 2.92. The molecule has 2 unspecified atom stereocenters. The van der Waals surface area contributed by atoms with Crippen LogP contribution in [0.2, 0.25) is 0 Å². The van der Waals surface area contributed by atoms with Crippen LogP contribution in [0.3, 0.4) is 0 Å². The fourth-order valence-electron chi connectivity index (χ4n) is 2.43. The first-order valence-corrected chi connectivity index (χ1v) is 6.18. The maximum atomic E-state index is 11.9. The fourth-order valence-corrected chi connectivity index (χ4v) is 2.43. The van der Waals surface area contributed by atoms with Gasteiger partial charge in [0.15, 0.2) is 0 Å². The number of amides is 1. The third-order valence-electron chi connectivity index (χ3n) is 3.35. The van der Waals surface area contributed by atoms with Gasteiger partial charge in [-0.25, -0.2) is 0 Å². The Morgan fingerprint density at radius 2 is 2.18 bits per heavy atom. The van der Waals surface area contributed by atoms with Crippen LogP contribution in [0, 0.1) is 0 Å². The summed E-state index contributed by atoms with van der Waals surface area (Å²) in [6.07, 6.45) is 3.02. The van der Waals surface area contributed by atoms with Crippen LogP contribution in [0.1, 0.15) is 37.7 Å². The molecule has 92 valence electrons. The van der Waals surface area contributed by atoms with Crippen molar-refractivity contribution in [1.29, 1.82) is 0 Å². The van der Waals surface area contributed by atoms with E-state index in [-0.39, 0.29) is 17.9 Å². The van der Waals surface area contributed by atoms with E-state index in [1.165, 1.54) is 0 Å². The lowest BCUT2D eigenvalue weighted by atomic mass is 9.93. The zero-order chi connectivity index (χ0) is 12.3. The highest BCUT2D eigenvalue weighted by molar-refractivity contribution is 6.02. The number of para-hydroxylation sites is 1. The summed E-state index contributed by atoms with van der Waals surface area (Å²) >= 11 is 0. The van der Waals surface area contributed by atoms with Gasteiger partial charge >= 0.3 is 0 Å². The van der Waals surface area contributed by atoms with Gasteiger partial charge in [0.1, 0.15) is 0 Å². The van der Waals surface area contributed by atoms with Crippen molar-refractivity contribution in [3.8, 4) is 0 Å². The van der Waals surface area contributed by atoms with Gasteiger partial charge in [-0.3, -0.25) is 4.79 Å². The number of carbonyl (C=O) groups is 1. The summed E-state index contributed by atoms with van der Waals surface area (Å²) in [5.41, 5.74) is 2.06. The van der Waals surface area contributed by atoms with Gasteiger partial charge in [-0.05, 0) is 24.5 Å². The van der Waals surface area contributed by atoms with Gasteiger partial charge in [0, 0.05) is 12.8 Å². The zero-order valence-electron chi connectivity index (χ0n) is 10.4. The number of ether oxygens (including phenoxy) is 1. The fraction of sp³-hybridized carbons (Fsp3) is 0.500. The molecule has 0 saturated heterocycles. The average molecular weight is 233 g/mol. The molecule has 0 saturated carbocycles. The molecule has 0 radical (unpaired) electrons. The first kappa shape index (κ1) is 12.1. The molecular formula is C14H19NO2. The standard InChI is InChI=1S/C14H19NO2/c1-3-6-10(17-2)9-12-11-7-4-5-8-13(11)15-14(12)16/h4-5,7-8,10,12H,3,6,9H2,1-2H3,(H,15,16). The van der Waals surface area contributed by atoms with Crippen LogP contribution in [-0.2, 0) is 9.53 Å². The van der Waals surface area contributed by atoms with Crippen molar-refractivity contribution < 1.29 is 9.53 Å². The van der Waals surface area contributed by atoms with Gasteiger partial charge in [-0.1, -0.05) is 31.5 Å². The van der Waals surface area contributed by atoms with Crippen molar-refractivity contribution in [2.45, 2.75) is 38.2 Å². The summed E-state index contributed by atoms with van der Waals surface area (Å²) in [6, 6.07) is 7.90. The minimum absolute atomic E-state index is 0.0531. The van der Waals surface area contributed by atoms with Crippen molar-refractivity contribution >= 4 is 11.6 Å². The SMILES string of the molecule is CCCC(CC1C(=O)Nc2ccccc21)OC. The summed E-state index contributed by atoms with van der Waals surface area (Å²) in [4.78, 5) is 11.9. The number of methoxy groups -OCH3 is 1. The lowest BCUT2D eigenvalue weighted by Gasteiger charge is -2.17. The van der Waals surface area contributed by atoms with Crippen LogP contribution in [0.4, 0.5) is 5.69 Å². The number of nitrogens with one attached hydrogen (secondary N) is 1. The summed E-state index contributed by atoms with van der Waals surface area (Å²) < 4.78 is 5.44.